The van der Waals surface area contributed by atoms with Crippen molar-refractivity contribution in [1.82, 2.24) is 0 Å². The number of fused-ring (bicyclic) bond motifs is 1. The first-order valence-corrected chi connectivity index (χ1v) is 8.64. The molecule has 4 nitrogen and oxygen atoms in total. The largest absolute Gasteiger partial charge is 0.492 e. The quantitative estimate of drug-likeness (QED) is 0.906. The van der Waals surface area contributed by atoms with Gasteiger partial charge in [-0.3, -0.25) is 4.79 Å². The van der Waals surface area contributed by atoms with Crippen LogP contribution in [-0.4, -0.2) is 18.6 Å². The maximum Gasteiger partial charge on any atom is 0.265 e. The number of nitrogens with one attached hydrogen (secondary N) is 1. The van der Waals surface area contributed by atoms with Crippen molar-refractivity contribution < 1.29 is 14.3 Å². The summed E-state index contributed by atoms with van der Waals surface area (Å²) >= 11 is 1.50. The average Bonchev–Trinajstić information content (AvgIpc) is 3.01. The van der Waals surface area contributed by atoms with Crippen molar-refractivity contribution in [1.29, 1.82) is 0 Å². The number of amides is 1. The van der Waals surface area contributed by atoms with Gasteiger partial charge in [-0.15, -0.1) is 11.3 Å². The molecule has 1 aromatic carbocycles. The third kappa shape index (κ3) is 3.20. The van der Waals surface area contributed by atoms with Crippen LogP contribution in [0.4, 0.5) is 5.69 Å². The van der Waals surface area contributed by atoms with Gasteiger partial charge in [0.2, 0.25) is 0 Å². The smallest absolute Gasteiger partial charge is 0.265 e. The standard InChI is InChI=1S/C18H21NO3S/c1-5-21-16-8-13-7-11(3)22-15(13)9-14(16)19-18(20)17-6-10(2)12(4)23-17/h6,8-9,11H,5,7H2,1-4H3,(H,19,20). The van der Waals surface area contributed by atoms with Gasteiger partial charge in [0.1, 0.15) is 17.6 Å². The number of ether oxygens (including phenoxy) is 2. The molecule has 122 valence electrons. The molecule has 1 aliphatic rings. The van der Waals surface area contributed by atoms with E-state index >= 15 is 0 Å². The zero-order chi connectivity index (χ0) is 16.6. The Kier molecular flexibility index (Phi) is 4.31. The van der Waals surface area contributed by atoms with Gasteiger partial charge < -0.3 is 14.8 Å². The number of anilines is 1. The normalized spacial score (nSPS) is 15.9. The Balaban J connectivity index is 1.89. The van der Waals surface area contributed by atoms with Crippen LogP contribution in [0.25, 0.3) is 0 Å². The molecule has 5 heteroatoms. The molecule has 2 aromatic rings. The number of hydrogen-bond donors (Lipinski definition) is 1. The van der Waals surface area contributed by atoms with E-state index in [1.807, 2.05) is 45.9 Å². The molecule has 0 radical (unpaired) electrons. The van der Waals surface area contributed by atoms with E-state index in [0.29, 0.717) is 22.9 Å². The first-order valence-electron chi connectivity index (χ1n) is 7.82. The minimum absolute atomic E-state index is 0.113. The summed E-state index contributed by atoms with van der Waals surface area (Å²) in [7, 11) is 0. The number of aryl methyl sites for hydroxylation is 2. The van der Waals surface area contributed by atoms with Gasteiger partial charge in [-0.2, -0.15) is 0 Å². The molecule has 2 heterocycles. The molecule has 3 rings (SSSR count). The number of benzene rings is 1. The molecule has 0 aliphatic carbocycles. The molecular weight excluding hydrogens is 310 g/mol. The molecule has 1 amide bonds. The summed E-state index contributed by atoms with van der Waals surface area (Å²) in [5, 5.41) is 2.96. The summed E-state index contributed by atoms with van der Waals surface area (Å²) < 4.78 is 11.5. The Morgan fingerprint density at radius 2 is 2.17 bits per heavy atom. The van der Waals surface area contributed by atoms with E-state index in [4.69, 9.17) is 9.47 Å². The van der Waals surface area contributed by atoms with E-state index in [2.05, 4.69) is 5.32 Å². The summed E-state index contributed by atoms with van der Waals surface area (Å²) in [5.41, 5.74) is 2.92. The van der Waals surface area contributed by atoms with E-state index in [1.165, 1.54) is 11.3 Å². The minimum atomic E-state index is -0.113. The molecule has 23 heavy (non-hydrogen) atoms. The molecule has 0 bridgehead atoms. The van der Waals surface area contributed by atoms with E-state index in [1.54, 1.807) is 0 Å². The third-order valence-corrected chi connectivity index (χ3v) is 5.09. The van der Waals surface area contributed by atoms with Gasteiger partial charge in [0, 0.05) is 22.9 Å². The second kappa shape index (κ2) is 6.24. The highest BCUT2D eigenvalue weighted by atomic mass is 32.1. The summed E-state index contributed by atoms with van der Waals surface area (Å²) in [6.07, 6.45) is 1.03. The molecule has 1 atom stereocenters. The van der Waals surface area contributed by atoms with Gasteiger partial charge in [0.25, 0.3) is 5.91 Å². The first-order chi connectivity index (χ1) is 11.0. The van der Waals surface area contributed by atoms with Gasteiger partial charge in [0.05, 0.1) is 17.2 Å². The summed E-state index contributed by atoms with van der Waals surface area (Å²) in [6, 6.07) is 5.76. The fourth-order valence-corrected chi connectivity index (χ4v) is 3.61. The van der Waals surface area contributed by atoms with Crippen LogP contribution in [0, 0.1) is 13.8 Å². The Morgan fingerprint density at radius 3 is 2.83 bits per heavy atom. The van der Waals surface area contributed by atoms with Crippen LogP contribution < -0.4 is 14.8 Å². The highest BCUT2D eigenvalue weighted by molar-refractivity contribution is 7.14. The monoisotopic (exact) mass is 331 g/mol. The fraction of sp³-hybridized carbons (Fsp3) is 0.389. The highest BCUT2D eigenvalue weighted by Crippen LogP contribution is 2.38. The lowest BCUT2D eigenvalue weighted by Gasteiger charge is -2.13. The van der Waals surface area contributed by atoms with Crippen LogP contribution in [-0.2, 0) is 6.42 Å². The van der Waals surface area contributed by atoms with Crippen molar-refractivity contribution in [3.05, 3.63) is 39.1 Å². The maximum atomic E-state index is 12.5. The van der Waals surface area contributed by atoms with Crippen LogP contribution in [0.3, 0.4) is 0 Å². The molecule has 0 saturated carbocycles. The topological polar surface area (TPSA) is 47.6 Å². The van der Waals surface area contributed by atoms with E-state index < -0.39 is 0 Å². The molecule has 1 N–H and O–H groups in total. The van der Waals surface area contributed by atoms with Crippen LogP contribution in [0.15, 0.2) is 18.2 Å². The fourth-order valence-electron chi connectivity index (χ4n) is 2.68. The van der Waals surface area contributed by atoms with Crippen LogP contribution >= 0.6 is 11.3 Å². The van der Waals surface area contributed by atoms with Gasteiger partial charge in [-0.25, -0.2) is 0 Å². The summed E-state index contributed by atoms with van der Waals surface area (Å²) in [4.78, 5) is 14.4. The van der Waals surface area contributed by atoms with Crippen molar-refractivity contribution in [3.8, 4) is 11.5 Å². The molecule has 1 unspecified atom stereocenters. The number of thiophene rings is 1. The lowest BCUT2D eigenvalue weighted by Crippen LogP contribution is -2.11. The number of carbonyl (C=O) groups excluding carboxylic acids is 1. The van der Waals surface area contributed by atoms with Crippen LogP contribution in [0.2, 0.25) is 0 Å². The zero-order valence-corrected chi connectivity index (χ0v) is 14.7. The average molecular weight is 331 g/mol. The number of carbonyl (C=O) groups is 1. The van der Waals surface area contributed by atoms with Crippen LogP contribution in [0.1, 0.15) is 39.5 Å². The lowest BCUT2D eigenvalue weighted by atomic mass is 10.1. The van der Waals surface area contributed by atoms with Gasteiger partial charge in [-0.05, 0) is 45.4 Å². The summed E-state index contributed by atoms with van der Waals surface area (Å²) in [5.74, 6) is 1.41. The first kappa shape index (κ1) is 15.9. The van der Waals surface area contributed by atoms with Crippen molar-refractivity contribution in [3.63, 3.8) is 0 Å². The zero-order valence-electron chi connectivity index (χ0n) is 13.9. The van der Waals surface area contributed by atoms with Crippen LogP contribution in [0.5, 0.6) is 11.5 Å². The third-order valence-electron chi connectivity index (χ3n) is 3.94. The van der Waals surface area contributed by atoms with Crippen molar-refractivity contribution in [2.75, 3.05) is 11.9 Å². The Labute approximate surface area is 140 Å². The molecular formula is C18H21NO3S. The van der Waals surface area contributed by atoms with Crippen molar-refractivity contribution in [2.24, 2.45) is 0 Å². The predicted octanol–water partition coefficient (Wildman–Crippen LogP) is 4.34. The van der Waals surface area contributed by atoms with Crippen molar-refractivity contribution >= 4 is 22.9 Å². The van der Waals surface area contributed by atoms with Gasteiger partial charge in [-0.1, -0.05) is 0 Å². The van der Waals surface area contributed by atoms with Gasteiger partial charge in [0.15, 0.2) is 0 Å². The van der Waals surface area contributed by atoms with E-state index in [9.17, 15) is 4.79 Å². The van der Waals surface area contributed by atoms with E-state index in [-0.39, 0.29) is 12.0 Å². The number of rotatable bonds is 4. The Bertz CT molecular complexity index is 731. The molecule has 0 saturated heterocycles. The van der Waals surface area contributed by atoms with Gasteiger partial charge >= 0.3 is 0 Å². The lowest BCUT2D eigenvalue weighted by molar-refractivity contribution is 0.103. The maximum absolute atomic E-state index is 12.5. The Hall–Kier alpha value is -2.01. The van der Waals surface area contributed by atoms with Crippen molar-refractivity contribution in [2.45, 2.75) is 40.2 Å². The number of hydrogen-bond acceptors (Lipinski definition) is 4. The Morgan fingerprint density at radius 1 is 1.39 bits per heavy atom. The summed E-state index contributed by atoms with van der Waals surface area (Å²) in [6.45, 7) is 8.56. The highest BCUT2D eigenvalue weighted by Gasteiger charge is 2.23. The molecule has 0 fully saturated rings. The van der Waals surface area contributed by atoms with E-state index in [0.717, 1.165) is 28.2 Å². The predicted molar refractivity (Wildman–Crippen MR) is 93.2 cm³/mol. The molecule has 0 spiro atoms. The molecule has 1 aliphatic heterocycles. The minimum Gasteiger partial charge on any atom is -0.492 e. The SMILES string of the molecule is CCOc1cc2c(cc1NC(=O)c1cc(C)c(C)s1)OC(C)C2. The second-order valence-corrected chi connectivity index (χ2v) is 7.08. The second-order valence-electron chi connectivity index (χ2n) is 5.83. The molecule has 1 aromatic heterocycles.